The third-order valence-electron chi connectivity index (χ3n) is 2.50. The lowest BCUT2D eigenvalue weighted by Crippen LogP contribution is -2.07. The maximum atomic E-state index is 5.77. The van der Waals surface area contributed by atoms with Gasteiger partial charge in [0.25, 0.3) is 0 Å². The first-order chi connectivity index (χ1) is 9.31. The van der Waals surface area contributed by atoms with E-state index in [-0.39, 0.29) is 0 Å². The summed E-state index contributed by atoms with van der Waals surface area (Å²) in [6.45, 7) is 2.48. The first-order valence-electron chi connectivity index (χ1n) is 6.24. The molecular weight excluding hydrogens is 268 g/mol. The maximum Gasteiger partial charge on any atom is 0.161 e. The molecule has 0 saturated carbocycles. The molecule has 0 N–H and O–H groups in total. The van der Waals surface area contributed by atoms with Crippen molar-refractivity contribution in [2.75, 3.05) is 40.6 Å². The highest BCUT2D eigenvalue weighted by molar-refractivity contribution is 6.17. The molecule has 0 saturated heterocycles. The Bertz CT molecular complexity index is 357. The number of halogens is 1. The van der Waals surface area contributed by atoms with E-state index in [0.29, 0.717) is 38.1 Å². The van der Waals surface area contributed by atoms with Crippen LogP contribution in [0.4, 0.5) is 0 Å². The van der Waals surface area contributed by atoms with Crippen LogP contribution in [-0.4, -0.2) is 40.6 Å². The molecule has 108 valence electrons. The molecule has 0 aliphatic heterocycles. The minimum atomic E-state index is 0.462. The van der Waals surface area contributed by atoms with Crippen molar-refractivity contribution in [3.63, 3.8) is 0 Å². The van der Waals surface area contributed by atoms with E-state index < -0.39 is 0 Å². The van der Waals surface area contributed by atoms with Gasteiger partial charge in [-0.2, -0.15) is 0 Å². The molecule has 0 radical (unpaired) electrons. The van der Waals surface area contributed by atoms with E-state index >= 15 is 0 Å². The van der Waals surface area contributed by atoms with E-state index in [2.05, 4.69) is 0 Å². The Morgan fingerprint density at radius 1 is 1.00 bits per heavy atom. The first-order valence-corrected chi connectivity index (χ1v) is 6.77. The van der Waals surface area contributed by atoms with E-state index in [1.807, 2.05) is 18.2 Å². The molecule has 4 nitrogen and oxygen atoms in total. The minimum Gasteiger partial charge on any atom is -0.493 e. The molecule has 0 unspecified atom stereocenters. The summed E-state index contributed by atoms with van der Waals surface area (Å²) in [6.07, 6.45) is 0.824. The second-order valence-electron chi connectivity index (χ2n) is 3.93. The van der Waals surface area contributed by atoms with Crippen molar-refractivity contribution >= 4 is 11.6 Å². The topological polar surface area (TPSA) is 36.9 Å². The van der Waals surface area contributed by atoms with Gasteiger partial charge in [0.15, 0.2) is 11.5 Å². The Morgan fingerprint density at radius 3 is 2.53 bits per heavy atom. The summed E-state index contributed by atoms with van der Waals surface area (Å²) in [5, 5.41) is 0. The summed E-state index contributed by atoms with van der Waals surface area (Å²) in [7, 11) is 3.28. The molecule has 0 bridgehead atoms. The summed E-state index contributed by atoms with van der Waals surface area (Å²) in [6, 6.07) is 5.69. The molecule has 0 aromatic heterocycles. The van der Waals surface area contributed by atoms with Crippen molar-refractivity contribution in [3.05, 3.63) is 23.8 Å². The highest BCUT2D eigenvalue weighted by Crippen LogP contribution is 2.28. The van der Waals surface area contributed by atoms with Crippen LogP contribution in [0.3, 0.4) is 0 Å². The molecule has 1 rings (SSSR count). The van der Waals surface area contributed by atoms with Crippen molar-refractivity contribution in [1.29, 1.82) is 0 Å². The van der Waals surface area contributed by atoms with Crippen molar-refractivity contribution in [3.8, 4) is 11.5 Å². The second-order valence-corrected chi connectivity index (χ2v) is 4.19. The zero-order valence-electron chi connectivity index (χ0n) is 11.5. The Hall–Kier alpha value is -0.970. The normalized spacial score (nSPS) is 10.5. The fourth-order valence-corrected chi connectivity index (χ4v) is 1.67. The minimum absolute atomic E-state index is 0.462. The van der Waals surface area contributed by atoms with Crippen molar-refractivity contribution in [1.82, 2.24) is 0 Å². The van der Waals surface area contributed by atoms with Crippen molar-refractivity contribution in [2.45, 2.75) is 12.3 Å². The van der Waals surface area contributed by atoms with Crippen molar-refractivity contribution in [2.24, 2.45) is 0 Å². The second kappa shape index (κ2) is 9.89. The zero-order chi connectivity index (χ0) is 13.9. The first kappa shape index (κ1) is 16.1. The summed E-state index contributed by atoms with van der Waals surface area (Å²) >= 11 is 5.77. The molecule has 19 heavy (non-hydrogen) atoms. The average molecular weight is 289 g/mol. The molecule has 1 aromatic carbocycles. The van der Waals surface area contributed by atoms with Gasteiger partial charge >= 0.3 is 0 Å². The SMILES string of the molecule is COCCOCCCOc1ccc(CCl)cc1OC. The predicted molar refractivity (Wildman–Crippen MR) is 75.4 cm³/mol. The smallest absolute Gasteiger partial charge is 0.161 e. The van der Waals surface area contributed by atoms with Crippen LogP contribution in [0.15, 0.2) is 18.2 Å². The molecule has 1 aromatic rings. The molecule has 0 spiro atoms. The van der Waals surface area contributed by atoms with Gasteiger partial charge in [-0.05, 0) is 17.7 Å². The number of hydrogen-bond acceptors (Lipinski definition) is 4. The molecule has 0 atom stereocenters. The summed E-state index contributed by atoms with van der Waals surface area (Å²) < 4.78 is 21.2. The maximum absolute atomic E-state index is 5.77. The Kier molecular flexibility index (Phi) is 8.38. The Balaban J connectivity index is 2.28. The summed E-state index contributed by atoms with van der Waals surface area (Å²) in [5.74, 6) is 1.90. The predicted octanol–water partition coefficient (Wildman–Crippen LogP) is 2.87. The van der Waals surface area contributed by atoms with E-state index in [1.165, 1.54) is 0 Å². The highest BCUT2D eigenvalue weighted by atomic mass is 35.5. The number of rotatable bonds is 10. The quantitative estimate of drug-likeness (QED) is 0.490. The van der Waals surface area contributed by atoms with Crippen molar-refractivity contribution < 1.29 is 18.9 Å². The molecule has 0 heterocycles. The van der Waals surface area contributed by atoms with Gasteiger partial charge in [-0.15, -0.1) is 11.6 Å². The number of ether oxygens (including phenoxy) is 4. The number of alkyl halides is 1. The molecule has 0 aliphatic carbocycles. The van der Waals surface area contributed by atoms with Crippen LogP contribution in [0.1, 0.15) is 12.0 Å². The molecule has 0 fully saturated rings. The van der Waals surface area contributed by atoms with Gasteiger partial charge in [-0.3, -0.25) is 0 Å². The lowest BCUT2D eigenvalue weighted by Gasteiger charge is -2.11. The highest BCUT2D eigenvalue weighted by Gasteiger charge is 2.05. The summed E-state index contributed by atoms with van der Waals surface area (Å²) in [5.41, 5.74) is 1.01. The van der Waals surface area contributed by atoms with Gasteiger partial charge in [0.05, 0.1) is 26.9 Å². The van der Waals surface area contributed by atoms with E-state index in [1.54, 1.807) is 14.2 Å². The third-order valence-corrected chi connectivity index (χ3v) is 2.81. The fraction of sp³-hybridized carbons (Fsp3) is 0.571. The van der Waals surface area contributed by atoms with Gasteiger partial charge in [0.2, 0.25) is 0 Å². The number of benzene rings is 1. The van der Waals surface area contributed by atoms with Gasteiger partial charge in [0, 0.05) is 26.0 Å². The number of methoxy groups -OCH3 is 2. The van der Waals surface area contributed by atoms with Crippen LogP contribution in [0, 0.1) is 0 Å². The van der Waals surface area contributed by atoms with E-state index in [0.717, 1.165) is 17.7 Å². The zero-order valence-corrected chi connectivity index (χ0v) is 12.2. The van der Waals surface area contributed by atoms with Crippen LogP contribution < -0.4 is 9.47 Å². The number of hydrogen-bond donors (Lipinski definition) is 0. The molecule has 0 aliphatic rings. The molecule has 0 amide bonds. The average Bonchev–Trinajstić information content (AvgIpc) is 2.46. The van der Waals surface area contributed by atoms with Crippen LogP contribution in [0.2, 0.25) is 0 Å². The van der Waals surface area contributed by atoms with Crippen LogP contribution in [0.25, 0.3) is 0 Å². The lowest BCUT2D eigenvalue weighted by atomic mass is 10.2. The monoisotopic (exact) mass is 288 g/mol. The van der Waals surface area contributed by atoms with Gasteiger partial charge in [0.1, 0.15) is 0 Å². The van der Waals surface area contributed by atoms with Gasteiger partial charge < -0.3 is 18.9 Å². The van der Waals surface area contributed by atoms with Gasteiger partial charge in [-0.25, -0.2) is 0 Å². The fourth-order valence-electron chi connectivity index (χ4n) is 1.50. The van der Waals surface area contributed by atoms with Gasteiger partial charge in [-0.1, -0.05) is 6.07 Å². The Labute approximate surface area is 119 Å². The Morgan fingerprint density at radius 2 is 1.84 bits per heavy atom. The van der Waals surface area contributed by atoms with Crippen LogP contribution in [-0.2, 0) is 15.4 Å². The summed E-state index contributed by atoms with van der Waals surface area (Å²) in [4.78, 5) is 0. The standard InChI is InChI=1S/C14H21ClO4/c1-16-8-9-18-6-3-7-19-13-5-4-12(11-15)10-14(13)17-2/h4-5,10H,3,6-9,11H2,1-2H3. The molecular formula is C14H21ClO4. The van der Waals surface area contributed by atoms with Crippen LogP contribution >= 0.6 is 11.6 Å². The van der Waals surface area contributed by atoms with Crippen LogP contribution in [0.5, 0.6) is 11.5 Å². The van der Waals surface area contributed by atoms with E-state index in [4.69, 9.17) is 30.5 Å². The largest absolute Gasteiger partial charge is 0.493 e. The third kappa shape index (κ3) is 6.14. The molecule has 5 heteroatoms. The van der Waals surface area contributed by atoms with E-state index in [9.17, 15) is 0 Å². The lowest BCUT2D eigenvalue weighted by molar-refractivity contribution is 0.0643.